The molecule has 6 nitrogen and oxygen atoms in total. The van der Waals surface area contributed by atoms with Crippen LogP contribution in [0.15, 0.2) is 24.3 Å². The zero-order valence-corrected chi connectivity index (χ0v) is 16.2. The van der Waals surface area contributed by atoms with E-state index in [1.54, 1.807) is 13.8 Å². The molecule has 1 saturated heterocycles. The van der Waals surface area contributed by atoms with Crippen molar-refractivity contribution < 1.29 is 32.7 Å². The van der Waals surface area contributed by atoms with Gasteiger partial charge >= 0.3 is 12.1 Å². The van der Waals surface area contributed by atoms with E-state index in [0.29, 0.717) is 5.56 Å². The van der Waals surface area contributed by atoms with Gasteiger partial charge in [0.25, 0.3) is 0 Å². The third-order valence-corrected chi connectivity index (χ3v) is 5.77. The molecule has 0 radical (unpaired) electrons. The lowest BCUT2D eigenvalue weighted by molar-refractivity contribution is -0.161. The van der Waals surface area contributed by atoms with Gasteiger partial charge in [0.1, 0.15) is 6.54 Å². The van der Waals surface area contributed by atoms with E-state index >= 15 is 0 Å². The molecule has 158 valence electrons. The number of carbonyl (C=O) groups is 3. The summed E-state index contributed by atoms with van der Waals surface area (Å²) in [6, 6.07) is 4.33. The molecule has 2 amide bonds. The minimum absolute atomic E-state index is 0.0652. The standard InChI is InChI=1S/C20H23F3N2O4/c1-12(2)25-10-16(26)24(9-13-3-5-15(6-4-13)20(21,22)23)11-19(18(25)29)7-14(8-19)17(27)28/h3-6,12,14H,7-11H2,1-2H3,(H,27,28). The molecule has 0 atom stereocenters. The van der Waals surface area contributed by atoms with Crippen LogP contribution in [0.4, 0.5) is 13.2 Å². The number of carboxylic acid groups (broad SMARTS) is 1. The molecule has 2 aliphatic rings. The Labute approximate surface area is 166 Å². The molecule has 0 unspecified atom stereocenters. The Bertz CT molecular complexity index is 814. The highest BCUT2D eigenvalue weighted by atomic mass is 19.4. The molecule has 1 aromatic carbocycles. The summed E-state index contributed by atoms with van der Waals surface area (Å²) in [5.74, 6) is -2.13. The number of carboxylic acids is 1. The quantitative estimate of drug-likeness (QED) is 0.825. The molecule has 1 aliphatic carbocycles. The molecule has 1 saturated carbocycles. The molecule has 9 heteroatoms. The van der Waals surface area contributed by atoms with Crippen LogP contribution < -0.4 is 0 Å². The van der Waals surface area contributed by atoms with E-state index < -0.39 is 29.0 Å². The fourth-order valence-corrected chi connectivity index (χ4v) is 4.09. The SMILES string of the molecule is CC(C)N1CC(=O)N(Cc2ccc(C(F)(F)F)cc2)CC2(CC(C(=O)O)C2)C1=O. The summed E-state index contributed by atoms with van der Waals surface area (Å²) >= 11 is 0. The zero-order valence-electron chi connectivity index (χ0n) is 16.2. The predicted octanol–water partition coefficient (Wildman–Crippen LogP) is 2.77. The third-order valence-electron chi connectivity index (χ3n) is 5.77. The fourth-order valence-electron chi connectivity index (χ4n) is 4.09. The van der Waals surface area contributed by atoms with Crippen molar-refractivity contribution in [3.8, 4) is 0 Å². The van der Waals surface area contributed by atoms with Crippen molar-refractivity contribution in [2.75, 3.05) is 13.1 Å². The third kappa shape index (κ3) is 4.09. The number of halogens is 3. The lowest BCUT2D eigenvalue weighted by atomic mass is 9.60. The van der Waals surface area contributed by atoms with Crippen LogP contribution in [-0.2, 0) is 27.1 Å². The van der Waals surface area contributed by atoms with Crippen LogP contribution in [0.1, 0.15) is 37.8 Å². The van der Waals surface area contributed by atoms with Gasteiger partial charge < -0.3 is 14.9 Å². The molecule has 1 aliphatic heterocycles. The molecule has 2 fully saturated rings. The number of hydrogen-bond acceptors (Lipinski definition) is 3. The number of alkyl halides is 3. The van der Waals surface area contributed by atoms with E-state index in [2.05, 4.69) is 0 Å². The summed E-state index contributed by atoms with van der Waals surface area (Å²) in [5.41, 5.74) is -1.21. The summed E-state index contributed by atoms with van der Waals surface area (Å²) in [4.78, 5) is 40.1. The van der Waals surface area contributed by atoms with Crippen molar-refractivity contribution in [2.24, 2.45) is 11.3 Å². The largest absolute Gasteiger partial charge is 0.481 e. The summed E-state index contributed by atoms with van der Waals surface area (Å²) < 4.78 is 38.3. The van der Waals surface area contributed by atoms with Gasteiger partial charge in [-0.05, 0) is 44.4 Å². The van der Waals surface area contributed by atoms with E-state index in [4.69, 9.17) is 0 Å². The maximum atomic E-state index is 13.1. The number of amides is 2. The van der Waals surface area contributed by atoms with Gasteiger partial charge in [0, 0.05) is 19.1 Å². The highest BCUT2D eigenvalue weighted by Gasteiger charge is 2.57. The molecular weight excluding hydrogens is 389 g/mol. The first-order chi connectivity index (χ1) is 13.4. The van der Waals surface area contributed by atoms with Crippen molar-refractivity contribution in [1.29, 1.82) is 0 Å². The Hall–Kier alpha value is -2.58. The van der Waals surface area contributed by atoms with Gasteiger partial charge in [-0.3, -0.25) is 14.4 Å². The first-order valence-electron chi connectivity index (χ1n) is 9.41. The summed E-state index contributed by atoms with van der Waals surface area (Å²) in [6.45, 7) is 3.58. The van der Waals surface area contributed by atoms with E-state index in [-0.39, 0.29) is 50.3 Å². The van der Waals surface area contributed by atoms with Crippen molar-refractivity contribution >= 4 is 17.8 Å². The highest BCUT2D eigenvalue weighted by molar-refractivity contribution is 5.93. The summed E-state index contributed by atoms with van der Waals surface area (Å²) in [7, 11) is 0. The van der Waals surface area contributed by atoms with Crippen LogP contribution in [0.3, 0.4) is 0 Å². The van der Waals surface area contributed by atoms with Gasteiger partial charge in [0.05, 0.1) is 16.9 Å². The lowest BCUT2D eigenvalue weighted by Crippen LogP contribution is -2.56. The smallest absolute Gasteiger partial charge is 0.416 e. The molecule has 1 N–H and O–H groups in total. The Morgan fingerprint density at radius 2 is 1.79 bits per heavy atom. The normalized spacial score (nSPS) is 25.4. The molecule has 0 aromatic heterocycles. The van der Waals surface area contributed by atoms with Gasteiger partial charge in [-0.15, -0.1) is 0 Å². The predicted molar refractivity (Wildman–Crippen MR) is 96.5 cm³/mol. The number of nitrogens with zero attached hydrogens (tertiary/aromatic N) is 2. The van der Waals surface area contributed by atoms with Crippen LogP contribution in [-0.4, -0.2) is 51.8 Å². The van der Waals surface area contributed by atoms with Crippen LogP contribution in [0, 0.1) is 11.3 Å². The molecule has 3 rings (SSSR count). The highest BCUT2D eigenvalue weighted by Crippen LogP contribution is 2.49. The minimum atomic E-state index is -4.44. The van der Waals surface area contributed by atoms with Gasteiger partial charge in [0.15, 0.2) is 0 Å². The Morgan fingerprint density at radius 1 is 1.21 bits per heavy atom. The molecule has 1 heterocycles. The molecular formula is C20H23F3N2O4. The van der Waals surface area contributed by atoms with E-state index in [9.17, 15) is 32.7 Å². The maximum Gasteiger partial charge on any atom is 0.416 e. The number of rotatable bonds is 4. The van der Waals surface area contributed by atoms with Crippen LogP contribution in [0.5, 0.6) is 0 Å². The van der Waals surface area contributed by atoms with Crippen LogP contribution in [0.2, 0.25) is 0 Å². The average molecular weight is 412 g/mol. The second-order valence-electron chi connectivity index (χ2n) is 8.20. The number of benzene rings is 1. The zero-order chi connectivity index (χ0) is 21.6. The fraction of sp³-hybridized carbons (Fsp3) is 0.550. The Balaban J connectivity index is 1.84. The van der Waals surface area contributed by atoms with Gasteiger partial charge in [-0.1, -0.05) is 12.1 Å². The van der Waals surface area contributed by atoms with Crippen LogP contribution in [0.25, 0.3) is 0 Å². The monoisotopic (exact) mass is 412 g/mol. The number of aliphatic carboxylic acids is 1. The van der Waals surface area contributed by atoms with E-state index in [1.165, 1.54) is 21.9 Å². The van der Waals surface area contributed by atoms with Gasteiger partial charge in [0.2, 0.25) is 11.8 Å². The van der Waals surface area contributed by atoms with Crippen molar-refractivity contribution in [3.05, 3.63) is 35.4 Å². The average Bonchev–Trinajstić information content (AvgIpc) is 2.69. The summed E-state index contributed by atoms with van der Waals surface area (Å²) in [5, 5.41) is 9.23. The molecule has 1 aromatic rings. The first-order valence-corrected chi connectivity index (χ1v) is 9.41. The van der Waals surface area contributed by atoms with Gasteiger partial charge in [-0.25, -0.2) is 0 Å². The molecule has 29 heavy (non-hydrogen) atoms. The number of carbonyl (C=O) groups excluding carboxylic acids is 2. The Kier molecular flexibility index (Phi) is 5.36. The number of hydrogen-bond donors (Lipinski definition) is 1. The lowest BCUT2D eigenvalue weighted by Gasteiger charge is -2.47. The Morgan fingerprint density at radius 3 is 2.28 bits per heavy atom. The van der Waals surface area contributed by atoms with E-state index in [0.717, 1.165) is 12.1 Å². The second kappa shape index (κ2) is 7.35. The summed E-state index contributed by atoms with van der Waals surface area (Å²) in [6.07, 6.45) is -4.13. The first kappa shape index (κ1) is 21.1. The van der Waals surface area contributed by atoms with Crippen LogP contribution >= 0.6 is 0 Å². The second-order valence-corrected chi connectivity index (χ2v) is 8.20. The topological polar surface area (TPSA) is 77.9 Å². The van der Waals surface area contributed by atoms with Gasteiger partial charge in [-0.2, -0.15) is 13.2 Å². The van der Waals surface area contributed by atoms with Crippen molar-refractivity contribution in [2.45, 2.75) is 45.5 Å². The van der Waals surface area contributed by atoms with E-state index in [1.807, 2.05) is 0 Å². The molecule has 1 spiro atoms. The van der Waals surface area contributed by atoms with Crippen molar-refractivity contribution in [1.82, 2.24) is 9.80 Å². The maximum absolute atomic E-state index is 13.1. The molecule has 0 bridgehead atoms. The minimum Gasteiger partial charge on any atom is -0.481 e. The van der Waals surface area contributed by atoms with Crippen molar-refractivity contribution in [3.63, 3.8) is 0 Å².